The zero-order valence-electron chi connectivity index (χ0n) is 12.2. The van der Waals surface area contributed by atoms with E-state index in [1.54, 1.807) is 0 Å². The van der Waals surface area contributed by atoms with Gasteiger partial charge < -0.3 is 14.8 Å². The van der Waals surface area contributed by atoms with E-state index in [0.29, 0.717) is 6.04 Å². The fourth-order valence-electron chi connectivity index (χ4n) is 1.99. The molecule has 0 unspecified atom stereocenters. The lowest BCUT2D eigenvalue weighted by Gasteiger charge is -2.20. The molecule has 1 N–H and O–H groups in total. The van der Waals surface area contributed by atoms with E-state index in [0.717, 1.165) is 36.4 Å². The van der Waals surface area contributed by atoms with Gasteiger partial charge in [-0.1, -0.05) is 0 Å². The van der Waals surface area contributed by atoms with E-state index in [1.807, 2.05) is 30.2 Å². The summed E-state index contributed by atoms with van der Waals surface area (Å²) in [5.41, 5.74) is 2.05. The van der Waals surface area contributed by atoms with Crippen LogP contribution < -0.4 is 5.32 Å². The van der Waals surface area contributed by atoms with Gasteiger partial charge in [-0.15, -0.1) is 0 Å². The van der Waals surface area contributed by atoms with Crippen molar-refractivity contribution >= 4 is 16.9 Å². The molecule has 0 aromatic carbocycles. The molecule has 0 fully saturated rings. The Hall–Kier alpha value is -1.62. The summed E-state index contributed by atoms with van der Waals surface area (Å²) in [7, 11) is 4.15. The third-order valence-electron chi connectivity index (χ3n) is 3.50. The Morgan fingerprint density at radius 2 is 2.16 bits per heavy atom. The van der Waals surface area contributed by atoms with Gasteiger partial charge in [-0.2, -0.15) is 0 Å². The molecule has 19 heavy (non-hydrogen) atoms. The van der Waals surface area contributed by atoms with Crippen molar-refractivity contribution in [2.75, 3.05) is 25.5 Å². The number of imidazole rings is 1. The number of nitrogens with one attached hydrogen (secondary N) is 1. The van der Waals surface area contributed by atoms with Crippen molar-refractivity contribution < 1.29 is 0 Å². The Bertz CT molecular complexity index is 532. The molecule has 0 bridgehead atoms. The lowest BCUT2D eigenvalue weighted by molar-refractivity contribution is 0.273. The van der Waals surface area contributed by atoms with Gasteiger partial charge in [0.05, 0.1) is 11.8 Å². The van der Waals surface area contributed by atoms with Crippen LogP contribution in [0.4, 0.5) is 5.82 Å². The van der Waals surface area contributed by atoms with Crippen molar-refractivity contribution in [3.05, 3.63) is 18.6 Å². The van der Waals surface area contributed by atoms with Crippen LogP contribution >= 0.6 is 0 Å². The van der Waals surface area contributed by atoms with Crippen LogP contribution in [0.2, 0.25) is 0 Å². The highest BCUT2D eigenvalue weighted by Crippen LogP contribution is 2.18. The molecule has 0 atom stereocenters. The summed E-state index contributed by atoms with van der Waals surface area (Å²) >= 11 is 0. The highest BCUT2D eigenvalue weighted by molar-refractivity contribution is 5.85. The van der Waals surface area contributed by atoms with Gasteiger partial charge >= 0.3 is 0 Å². The molecule has 2 heterocycles. The summed E-state index contributed by atoms with van der Waals surface area (Å²) in [6.45, 7) is 6.43. The molecule has 2 rings (SSSR count). The summed E-state index contributed by atoms with van der Waals surface area (Å²) in [4.78, 5) is 11.1. The number of aromatic nitrogens is 3. The second kappa shape index (κ2) is 6.02. The van der Waals surface area contributed by atoms with Gasteiger partial charge in [-0.25, -0.2) is 9.97 Å². The first-order valence-corrected chi connectivity index (χ1v) is 6.79. The smallest absolute Gasteiger partial charge is 0.154 e. The van der Waals surface area contributed by atoms with Crippen molar-refractivity contribution in [2.24, 2.45) is 7.05 Å². The van der Waals surface area contributed by atoms with Crippen molar-refractivity contribution in [3.63, 3.8) is 0 Å². The van der Waals surface area contributed by atoms with Crippen molar-refractivity contribution in [3.8, 4) is 0 Å². The lowest BCUT2D eigenvalue weighted by Crippen LogP contribution is -2.28. The number of hydrogen-bond acceptors (Lipinski definition) is 4. The van der Waals surface area contributed by atoms with E-state index < -0.39 is 0 Å². The molecule has 5 heteroatoms. The van der Waals surface area contributed by atoms with Gasteiger partial charge in [0.25, 0.3) is 0 Å². The molecule has 0 aliphatic carbocycles. The average molecular weight is 261 g/mol. The minimum atomic E-state index is 0.595. The van der Waals surface area contributed by atoms with Gasteiger partial charge in [0.1, 0.15) is 5.52 Å². The van der Waals surface area contributed by atoms with Crippen molar-refractivity contribution in [1.29, 1.82) is 0 Å². The molecule has 0 saturated heterocycles. The Kier molecular flexibility index (Phi) is 4.37. The standard InChI is InChI=1S/C14H23N5/c1-11(2)18(3)9-5-7-15-14-13-12(6-8-16-14)19(4)10-17-13/h6,8,10-11H,5,7,9H2,1-4H3,(H,15,16). The zero-order valence-corrected chi connectivity index (χ0v) is 12.2. The average Bonchev–Trinajstić information content (AvgIpc) is 2.77. The minimum absolute atomic E-state index is 0.595. The van der Waals surface area contributed by atoms with Crippen LogP contribution in [0.3, 0.4) is 0 Å². The Labute approximate surface area is 114 Å². The summed E-state index contributed by atoms with van der Waals surface area (Å²) in [6.07, 6.45) is 4.75. The Balaban J connectivity index is 1.92. The number of anilines is 1. The fourth-order valence-corrected chi connectivity index (χ4v) is 1.99. The van der Waals surface area contributed by atoms with E-state index in [1.165, 1.54) is 0 Å². The van der Waals surface area contributed by atoms with E-state index in [-0.39, 0.29) is 0 Å². The number of rotatable bonds is 6. The number of nitrogens with zero attached hydrogens (tertiary/aromatic N) is 4. The van der Waals surface area contributed by atoms with Crippen LogP contribution in [0, 0.1) is 0 Å². The summed E-state index contributed by atoms with van der Waals surface area (Å²) < 4.78 is 2.01. The third-order valence-corrected chi connectivity index (χ3v) is 3.50. The molecule has 0 amide bonds. The van der Waals surface area contributed by atoms with Gasteiger partial charge in [0, 0.05) is 25.8 Å². The number of hydrogen-bond donors (Lipinski definition) is 1. The van der Waals surface area contributed by atoms with Crippen LogP contribution in [0.5, 0.6) is 0 Å². The Morgan fingerprint density at radius 3 is 2.89 bits per heavy atom. The highest BCUT2D eigenvalue weighted by Gasteiger charge is 2.06. The second-order valence-corrected chi connectivity index (χ2v) is 5.24. The quantitative estimate of drug-likeness (QED) is 0.809. The number of aryl methyl sites for hydroxylation is 1. The molecule has 2 aromatic heterocycles. The summed E-state index contributed by atoms with van der Waals surface area (Å²) in [6, 6.07) is 2.58. The lowest BCUT2D eigenvalue weighted by atomic mass is 10.3. The number of fused-ring (bicyclic) bond motifs is 1. The maximum absolute atomic E-state index is 4.39. The monoisotopic (exact) mass is 261 g/mol. The van der Waals surface area contributed by atoms with Gasteiger partial charge in [0.15, 0.2) is 5.82 Å². The maximum atomic E-state index is 4.39. The van der Waals surface area contributed by atoms with Crippen molar-refractivity contribution in [1.82, 2.24) is 19.4 Å². The minimum Gasteiger partial charge on any atom is -0.368 e. The molecule has 0 saturated carbocycles. The molecule has 104 valence electrons. The van der Waals surface area contributed by atoms with E-state index in [9.17, 15) is 0 Å². The summed E-state index contributed by atoms with van der Waals surface area (Å²) in [5.74, 6) is 0.880. The van der Waals surface area contributed by atoms with E-state index in [4.69, 9.17) is 0 Å². The molecule has 0 radical (unpaired) electrons. The molecule has 0 spiro atoms. The molecule has 2 aromatic rings. The third kappa shape index (κ3) is 3.23. The van der Waals surface area contributed by atoms with Gasteiger partial charge in [-0.05, 0) is 39.9 Å². The molecule has 0 aliphatic rings. The molecule has 5 nitrogen and oxygen atoms in total. The van der Waals surface area contributed by atoms with Crippen LogP contribution in [0.25, 0.3) is 11.0 Å². The van der Waals surface area contributed by atoms with Gasteiger partial charge in [0.2, 0.25) is 0 Å². The van der Waals surface area contributed by atoms with Crippen LogP contribution in [0.1, 0.15) is 20.3 Å². The molecular weight excluding hydrogens is 238 g/mol. The second-order valence-electron chi connectivity index (χ2n) is 5.24. The predicted octanol–water partition coefficient (Wildman–Crippen LogP) is 2.11. The molecule has 0 aliphatic heterocycles. The van der Waals surface area contributed by atoms with E-state index in [2.05, 4.69) is 41.1 Å². The van der Waals surface area contributed by atoms with Crippen LogP contribution in [0.15, 0.2) is 18.6 Å². The highest BCUT2D eigenvalue weighted by atomic mass is 15.1. The SMILES string of the molecule is CC(C)N(C)CCCNc1nccc2c1ncn2C. The largest absolute Gasteiger partial charge is 0.368 e. The topological polar surface area (TPSA) is 46.0 Å². The van der Waals surface area contributed by atoms with E-state index >= 15 is 0 Å². The predicted molar refractivity (Wildman–Crippen MR) is 79.4 cm³/mol. The first-order chi connectivity index (χ1) is 9.09. The van der Waals surface area contributed by atoms with Gasteiger partial charge in [-0.3, -0.25) is 0 Å². The fraction of sp³-hybridized carbons (Fsp3) is 0.571. The number of pyridine rings is 1. The van der Waals surface area contributed by atoms with Crippen LogP contribution in [-0.2, 0) is 7.05 Å². The summed E-state index contributed by atoms with van der Waals surface area (Å²) in [5, 5.41) is 3.38. The first-order valence-electron chi connectivity index (χ1n) is 6.79. The zero-order chi connectivity index (χ0) is 13.8. The first kappa shape index (κ1) is 13.8. The maximum Gasteiger partial charge on any atom is 0.154 e. The normalized spacial score (nSPS) is 11.7. The van der Waals surface area contributed by atoms with Crippen LogP contribution in [-0.4, -0.2) is 45.6 Å². The Morgan fingerprint density at radius 1 is 1.37 bits per heavy atom. The molecular formula is C14H23N5. The van der Waals surface area contributed by atoms with Crippen molar-refractivity contribution in [2.45, 2.75) is 26.3 Å².